The van der Waals surface area contributed by atoms with Gasteiger partial charge in [0.15, 0.2) is 16.7 Å². The average molecular weight is 388 g/mol. The second-order valence-corrected chi connectivity index (χ2v) is 6.55. The van der Waals surface area contributed by atoms with Crippen molar-refractivity contribution in [2.75, 3.05) is 7.11 Å². The van der Waals surface area contributed by atoms with E-state index in [1.54, 1.807) is 25.3 Å². The molecule has 3 aromatic rings. The monoisotopic (exact) mass is 388 g/mol. The van der Waals surface area contributed by atoms with Crippen LogP contribution in [0.15, 0.2) is 53.7 Å². The molecule has 140 valence electrons. The third-order valence-electron chi connectivity index (χ3n) is 3.75. The molecule has 0 bridgehead atoms. The molecular weight excluding hydrogens is 370 g/mol. The van der Waals surface area contributed by atoms with Crippen molar-refractivity contribution in [3.05, 3.63) is 71.4 Å². The molecule has 1 aromatic heterocycles. The minimum atomic E-state index is -0.599. The Morgan fingerprint density at radius 2 is 1.78 bits per heavy atom. The lowest BCUT2D eigenvalue weighted by atomic mass is 10.2. The summed E-state index contributed by atoms with van der Waals surface area (Å²) in [7, 11) is 1.57. The highest BCUT2D eigenvalue weighted by Gasteiger charge is 2.11. The predicted octanol–water partition coefficient (Wildman–Crippen LogP) is 5.41. The van der Waals surface area contributed by atoms with Gasteiger partial charge in [-0.1, -0.05) is 36.9 Å². The van der Waals surface area contributed by atoms with E-state index in [9.17, 15) is 8.78 Å². The third kappa shape index (κ3) is 4.95. The highest BCUT2D eigenvalue weighted by molar-refractivity contribution is 7.98. The molecule has 0 radical (unpaired) electrons. The van der Waals surface area contributed by atoms with E-state index in [4.69, 9.17) is 9.47 Å². The van der Waals surface area contributed by atoms with Gasteiger partial charge < -0.3 is 9.47 Å². The van der Waals surface area contributed by atoms with Crippen LogP contribution in [-0.2, 0) is 12.2 Å². The van der Waals surface area contributed by atoms with Gasteiger partial charge in [-0.2, -0.15) is 4.98 Å². The summed E-state index contributed by atoms with van der Waals surface area (Å²) in [6, 6.07) is 12.6. The molecule has 0 aliphatic carbocycles. The molecule has 1 heterocycles. The number of ether oxygens (including phenoxy) is 2. The van der Waals surface area contributed by atoms with Crippen molar-refractivity contribution in [3.8, 4) is 17.4 Å². The number of hydrogen-bond acceptors (Lipinski definition) is 5. The van der Waals surface area contributed by atoms with Crippen molar-refractivity contribution in [3.63, 3.8) is 0 Å². The first-order chi connectivity index (χ1) is 13.1. The first-order valence-corrected chi connectivity index (χ1v) is 9.33. The van der Waals surface area contributed by atoms with Gasteiger partial charge in [-0.05, 0) is 30.2 Å². The lowest BCUT2D eigenvalue weighted by Crippen LogP contribution is -1.99. The Morgan fingerprint density at radius 3 is 2.48 bits per heavy atom. The molecule has 27 heavy (non-hydrogen) atoms. The van der Waals surface area contributed by atoms with Crippen molar-refractivity contribution in [2.45, 2.75) is 24.3 Å². The van der Waals surface area contributed by atoms with Gasteiger partial charge in [0.2, 0.25) is 5.88 Å². The summed E-state index contributed by atoms with van der Waals surface area (Å²) >= 11 is 1.26. The molecule has 2 aromatic carbocycles. The van der Waals surface area contributed by atoms with E-state index in [0.717, 1.165) is 11.8 Å². The fourth-order valence-corrected chi connectivity index (χ4v) is 3.20. The molecule has 0 saturated heterocycles. The van der Waals surface area contributed by atoms with E-state index in [2.05, 4.69) is 9.97 Å². The highest BCUT2D eigenvalue weighted by Crippen LogP contribution is 2.31. The van der Waals surface area contributed by atoms with Crippen LogP contribution in [0.25, 0.3) is 0 Å². The quantitative estimate of drug-likeness (QED) is 0.400. The zero-order valence-electron chi connectivity index (χ0n) is 14.9. The van der Waals surface area contributed by atoms with Gasteiger partial charge in [0.25, 0.3) is 0 Å². The summed E-state index contributed by atoms with van der Waals surface area (Å²) in [5, 5.41) is 0.461. The number of methoxy groups -OCH3 is 1. The topological polar surface area (TPSA) is 44.2 Å². The molecule has 0 saturated carbocycles. The van der Waals surface area contributed by atoms with Crippen LogP contribution in [-0.4, -0.2) is 17.1 Å². The second-order valence-electron chi connectivity index (χ2n) is 5.61. The third-order valence-corrected chi connectivity index (χ3v) is 4.65. The van der Waals surface area contributed by atoms with Gasteiger partial charge in [-0.15, -0.1) is 0 Å². The molecule has 0 N–H and O–H groups in total. The lowest BCUT2D eigenvalue weighted by molar-refractivity contribution is 0.372. The summed E-state index contributed by atoms with van der Waals surface area (Å²) in [6.07, 6.45) is 0.698. The molecule has 0 fully saturated rings. The van der Waals surface area contributed by atoms with Crippen molar-refractivity contribution >= 4 is 11.8 Å². The maximum Gasteiger partial charge on any atom is 0.223 e. The molecule has 0 unspecified atom stereocenters. The Bertz CT molecular complexity index is 938. The summed E-state index contributed by atoms with van der Waals surface area (Å²) in [4.78, 5) is 8.83. The molecule has 3 rings (SSSR count). The van der Waals surface area contributed by atoms with Gasteiger partial charge in [-0.25, -0.2) is 13.8 Å². The fourth-order valence-electron chi connectivity index (χ4n) is 2.34. The number of halogens is 2. The zero-order valence-corrected chi connectivity index (χ0v) is 15.7. The molecular formula is C20H18F2N2O2S. The Kier molecular flexibility index (Phi) is 6.24. The average Bonchev–Trinajstić information content (AvgIpc) is 2.67. The van der Waals surface area contributed by atoms with Crippen LogP contribution >= 0.6 is 11.8 Å². The van der Waals surface area contributed by atoms with Crippen molar-refractivity contribution in [1.82, 2.24) is 9.97 Å². The van der Waals surface area contributed by atoms with E-state index in [1.165, 1.54) is 23.9 Å². The van der Waals surface area contributed by atoms with Crippen LogP contribution in [0.5, 0.6) is 17.4 Å². The number of aromatic nitrogens is 2. The van der Waals surface area contributed by atoms with Gasteiger partial charge in [0, 0.05) is 23.6 Å². The number of para-hydroxylation sites is 2. The van der Waals surface area contributed by atoms with Crippen LogP contribution in [0.2, 0.25) is 0 Å². The van der Waals surface area contributed by atoms with E-state index >= 15 is 0 Å². The van der Waals surface area contributed by atoms with Crippen LogP contribution in [0.1, 0.15) is 18.2 Å². The molecule has 0 aliphatic heterocycles. The van der Waals surface area contributed by atoms with E-state index in [1.807, 2.05) is 19.1 Å². The van der Waals surface area contributed by atoms with Crippen LogP contribution < -0.4 is 9.47 Å². The lowest BCUT2D eigenvalue weighted by Gasteiger charge is -2.11. The smallest absolute Gasteiger partial charge is 0.223 e. The molecule has 0 aliphatic rings. The van der Waals surface area contributed by atoms with Crippen LogP contribution in [0.3, 0.4) is 0 Å². The summed E-state index contributed by atoms with van der Waals surface area (Å²) in [5.41, 5.74) is 1.19. The van der Waals surface area contributed by atoms with E-state index < -0.39 is 11.6 Å². The summed E-state index contributed by atoms with van der Waals surface area (Å²) < 4.78 is 38.0. The number of hydrogen-bond donors (Lipinski definition) is 0. The Labute approximate surface area is 160 Å². The molecule has 0 amide bonds. The minimum Gasteiger partial charge on any atom is -0.493 e. The maximum absolute atomic E-state index is 13.8. The molecule has 4 nitrogen and oxygen atoms in total. The minimum absolute atomic E-state index is 0.285. The first kappa shape index (κ1) is 19.1. The molecule has 0 atom stereocenters. The van der Waals surface area contributed by atoms with Gasteiger partial charge in [-0.3, -0.25) is 0 Å². The molecule has 7 heteroatoms. The van der Waals surface area contributed by atoms with Crippen LogP contribution in [0, 0.1) is 11.6 Å². The van der Waals surface area contributed by atoms with Crippen molar-refractivity contribution < 1.29 is 18.3 Å². The van der Waals surface area contributed by atoms with E-state index in [-0.39, 0.29) is 5.75 Å². The number of aryl methyl sites for hydroxylation is 1. The fraction of sp³-hybridized carbons (Fsp3) is 0.200. The van der Waals surface area contributed by atoms with Crippen molar-refractivity contribution in [2.24, 2.45) is 0 Å². The Hall–Kier alpha value is -2.67. The number of thioether (sulfide) groups is 1. The molecule has 0 spiro atoms. The second kappa shape index (κ2) is 8.81. The highest BCUT2D eigenvalue weighted by atomic mass is 32.2. The zero-order chi connectivity index (χ0) is 19.2. The summed E-state index contributed by atoms with van der Waals surface area (Å²) in [6.45, 7) is 1.98. The number of nitrogens with zero attached hydrogens (tertiary/aromatic N) is 2. The van der Waals surface area contributed by atoms with Crippen LogP contribution in [0.4, 0.5) is 8.78 Å². The number of benzene rings is 2. The largest absolute Gasteiger partial charge is 0.493 e. The standard InChI is InChI=1S/C20H18F2N2O2S/c1-3-15-11-19(26-18-7-5-4-6-17(18)25-2)24-20(23-15)27-12-13-8-9-14(21)10-16(13)22/h4-11H,3,12H2,1-2H3. The van der Waals surface area contributed by atoms with Crippen molar-refractivity contribution in [1.29, 1.82) is 0 Å². The van der Waals surface area contributed by atoms with Gasteiger partial charge in [0.1, 0.15) is 11.6 Å². The summed E-state index contributed by atoms with van der Waals surface area (Å²) in [5.74, 6) is 0.622. The SMILES string of the molecule is CCc1cc(Oc2ccccc2OC)nc(SCc2ccc(F)cc2F)n1. The predicted molar refractivity (Wildman–Crippen MR) is 100 cm³/mol. The van der Waals surface area contributed by atoms with Gasteiger partial charge >= 0.3 is 0 Å². The normalized spacial score (nSPS) is 10.7. The Morgan fingerprint density at radius 1 is 1.00 bits per heavy atom. The number of rotatable bonds is 7. The maximum atomic E-state index is 13.8. The Balaban J connectivity index is 1.80. The first-order valence-electron chi connectivity index (χ1n) is 8.34. The van der Waals surface area contributed by atoms with E-state index in [0.29, 0.717) is 34.5 Å². The van der Waals surface area contributed by atoms with Gasteiger partial charge in [0.05, 0.1) is 7.11 Å².